The third-order valence-corrected chi connectivity index (χ3v) is 4.13. The number of rotatable bonds is 3. The second-order valence-electron chi connectivity index (χ2n) is 5.40. The highest BCUT2D eigenvalue weighted by Gasteiger charge is 2.26. The summed E-state index contributed by atoms with van der Waals surface area (Å²) in [5, 5.41) is 0.669. The summed E-state index contributed by atoms with van der Waals surface area (Å²) >= 11 is 6.04. The number of amides is 1. The van der Waals surface area contributed by atoms with Crippen LogP contribution in [0, 0.1) is 0 Å². The Balaban J connectivity index is 1.76. The van der Waals surface area contributed by atoms with Gasteiger partial charge in [0.15, 0.2) is 0 Å². The van der Waals surface area contributed by atoms with Crippen molar-refractivity contribution >= 4 is 17.5 Å². The van der Waals surface area contributed by atoms with Crippen molar-refractivity contribution in [1.29, 1.82) is 0 Å². The van der Waals surface area contributed by atoms with Crippen molar-refractivity contribution in [3.8, 4) is 5.75 Å². The van der Waals surface area contributed by atoms with Crippen molar-refractivity contribution in [2.45, 2.75) is 6.10 Å². The van der Waals surface area contributed by atoms with E-state index in [9.17, 15) is 4.79 Å². The molecule has 0 aliphatic carbocycles. The van der Waals surface area contributed by atoms with E-state index >= 15 is 0 Å². The first-order valence-corrected chi connectivity index (χ1v) is 7.85. The molecule has 5 heteroatoms. The topological polar surface area (TPSA) is 38.8 Å². The van der Waals surface area contributed by atoms with Gasteiger partial charge in [-0.05, 0) is 35.9 Å². The molecule has 120 valence electrons. The Bertz CT molecular complexity index is 704. The van der Waals surface area contributed by atoms with Crippen LogP contribution in [0.1, 0.15) is 22.0 Å². The molecule has 1 aliphatic rings. The number of benzene rings is 2. The second kappa shape index (κ2) is 7.02. The Morgan fingerprint density at radius 3 is 2.87 bits per heavy atom. The van der Waals surface area contributed by atoms with Gasteiger partial charge >= 0.3 is 0 Å². The Hall–Kier alpha value is -2.04. The minimum Gasteiger partial charge on any atom is -0.497 e. The summed E-state index contributed by atoms with van der Waals surface area (Å²) in [6.07, 6.45) is -0.156. The molecule has 1 heterocycles. The molecule has 1 fully saturated rings. The highest BCUT2D eigenvalue weighted by atomic mass is 35.5. The Morgan fingerprint density at radius 2 is 2.09 bits per heavy atom. The quantitative estimate of drug-likeness (QED) is 0.863. The SMILES string of the molecule is COc1cccc(C(=O)N2CCOC(c3cccc(Cl)c3)C2)c1. The van der Waals surface area contributed by atoms with E-state index < -0.39 is 0 Å². The van der Waals surface area contributed by atoms with Crippen LogP contribution < -0.4 is 4.74 Å². The van der Waals surface area contributed by atoms with E-state index in [1.165, 1.54) is 0 Å². The van der Waals surface area contributed by atoms with Crippen LogP contribution in [0.5, 0.6) is 5.75 Å². The van der Waals surface area contributed by atoms with Crippen molar-refractivity contribution < 1.29 is 14.3 Å². The van der Waals surface area contributed by atoms with Crippen LogP contribution in [0.2, 0.25) is 5.02 Å². The predicted molar refractivity (Wildman–Crippen MR) is 89.0 cm³/mol. The first-order valence-electron chi connectivity index (χ1n) is 7.48. The third-order valence-electron chi connectivity index (χ3n) is 3.89. The number of morpholine rings is 1. The third kappa shape index (κ3) is 3.66. The molecule has 0 bridgehead atoms. The molecule has 2 aromatic rings. The molecule has 1 aliphatic heterocycles. The smallest absolute Gasteiger partial charge is 0.254 e. The van der Waals surface area contributed by atoms with Crippen LogP contribution in [-0.4, -0.2) is 37.6 Å². The first kappa shape index (κ1) is 15.8. The minimum atomic E-state index is -0.156. The van der Waals surface area contributed by atoms with Crippen LogP contribution >= 0.6 is 11.6 Å². The van der Waals surface area contributed by atoms with Crippen LogP contribution in [-0.2, 0) is 4.74 Å². The average Bonchev–Trinajstić information content (AvgIpc) is 2.61. The fourth-order valence-corrected chi connectivity index (χ4v) is 2.88. The average molecular weight is 332 g/mol. The zero-order valence-corrected chi connectivity index (χ0v) is 13.6. The second-order valence-corrected chi connectivity index (χ2v) is 5.83. The number of carbonyl (C=O) groups is 1. The van der Waals surface area contributed by atoms with Gasteiger partial charge in [0.05, 0.1) is 20.3 Å². The Kier molecular flexibility index (Phi) is 4.84. The monoisotopic (exact) mass is 331 g/mol. The Labute approximate surface area is 140 Å². The van der Waals surface area contributed by atoms with Crippen molar-refractivity contribution in [2.75, 3.05) is 26.8 Å². The van der Waals surface area contributed by atoms with E-state index in [0.717, 1.165) is 5.56 Å². The highest BCUT2D eigenvalue weighted by molar-refractivity contribution is 6.30. The van der Waals surface area contributed by atoms with Crippen LogP contribution in [0.15, 0.2) is 48.5 Å². The first-order chi connectivity index (χ1) is 11.2. The minimum absolute atomic E-state index is 0.0146. The lowest BCUT2D eigenvalue weighted by atomic mass is 10.1. The lowest BCUT2D eigenvalue weighted by molar-refractivity contribution is -0.0228. The molecular formula is C18H18ClNO3. The summed E-state index contributed by atoms with van der Waals surface area (Å²) in [6, 6.07) is 14.8. The number of hydrogen-bond donors (Lipinski definition) is 0. The summed E-state index contributed by atoms with van der Waals surface area (Å²) in [5.74, 6) is 0.662. The van der Waals surface area contributed by atoms with E-state index in [4.69, 9.17) is 21.1 Å². The van der Waals surface area contributed by atoms with E-state index in [0.29, 0.717) is 36.0 Å². The summed E-state index contributed by atoms with van der Waals surface area (Å²) in [6.45, 7) is 1.59. The van der Waals surface area contributed by atoms with Crippen molar-refractivity contribution in [3.63, 3.8) is 0 Å². The van der Waals surface area contributed by atoms with E-state index in [1.54, 1.807) is 19.2 Å². The normalized spacial score (nSPS) is 17.8. The fourth-order valence-electron chi connectivity index (χ4n) is 2.68. The summed E-state index contributed by atoms with van der Waals surface area (Å²) in [5.41, 5.74) is 1.61. The largest absolute Gasteiger partial charge is 0.497 e. The van der Waals surface area contributed by atoms with Crippen molar-refractivity contribution in [2.24, 2.45) is 0 Å². The van der Waals surface area contributed by atoms with Gasteiger partial charge in [0.2, 0.25) is 0 Å². The maximum Gasteiger partial charge on any atom is 0.254 e. The van der Waals surface area contributed by atoms with Crippen molar-refractivity contribution in [1.82, 2.24) is 4.90 Å². The lowest BCUT2D eigenvalue weighted by Gasteiger charge is -2.33. The zero-order chi connectivity index (χ0) is 16.2. The molecule has 1 atom stereocenters. The summed E-state index contributed by atoms with van der Waals surface area (Å²) in [4.78, 5) is 14.5. The van der Waals surface area contributed by atoms with Gasteiger partial charge < -0.3 is 14.4 Å². The highest BCUT2D eigenvalue weighted by Crippen LogP contribution is 2.25. The number of hydrogen-bond acceptors (Lipinski definition) is 3. The van der Waals surface area contributed by atoms with Gasteiger partial charge in [0.1, 0.15) is 11.9 Å². The van der Waals surface area contributed by atoms with Crippen molar-refractivity contribution in [3.05, 3.63) is 64.7 Å². The zero-order valence-electron chi connectivity index (χ0n) is 12.9. The van der Waals surface area contributed by atoms with Crippen LogP contribution in [0.3, 0.4) is 0 Å². The van der Waals surface area contributed by atoms with Gasteiger partial charge in [-0.1, -0.05) is 29.8 Å². The van der Waals surface area contributed by atoms with Crippen LogP contribution in [0.4, 0.5) is 0 Å². The fraction of sp³-hybridized carbons (Fsp3) is 0.278. The molecule has 0 aromatic heterocycles. The number of ether oxygens (including phenoxy) is 2. The van der Waals surface area contributed by atoms with Gasteiger partial charge in [0, 0.05) is 17.1 Å². The van der Waals surface area contributed by atoms with Gasteiger partial charge in [-0.3, -0.25) is 4.79 Å². The number of nitrogens with zero attached hydrogens (tertiary/aromatic N) is 1. The molecule has 1 unspecified atom stereocenters. The molecule has 0 saturated carbocycles. The predicted octanol–water partition coefficient (Wildman–Crippen LogP) is 3.56. The van der Waals surface area contributed by atoms with E-state index in [1.807, 2.05) is 41.3 Å². The molecule has 0 spiro atoms. The van der Waals surface area contributed by atoms with Gasteiger partial charge in [-0.15, -0.1) is 0 Å². The molecule has 4 nitrogen and oxygen atoms in total. The maximum atomic E-state index is 12.7. The molecule has 1 amide bonds. The molecular weight excluding hydrogens is 314 g/mol. The lowest BCUT2D eigenvalue weighted by Crippen LogP contribution is -2.42. The molecule has 0 N–H and O–H groups in total. The summed E-state index contributed by atoms with van der Waals surface area (Å²) in [7, 11) is 1.59. The van der Waals surface area contributed by atoms with Gasteiger partial charge in [0.25, 0.3) is 5.91 Å². The molecule has 2 aromatic carbocycles. The Morgan fingerprint density at radius 1 is 1.26 bits per heavy atom. The maximum absolute atomic E-state index is 12.7. The molecule has 0 radical (unpaired) electrons. The number of halogens is 1. The van der Waals surface area contributed by atoms with Crippen LogP contribution in [0.25, 0.3) is 0 Å². The van der Waals surface area contributed by atoms with E-state index in [-0.39, 0.29) is 12.0 Å². The standard InChI is InChI=1S/C18H18ClNO3/c1-22-16-7-3-5-14(11-16)18(21)20-8-9-23-17(12-20)13-4-2-6-15(19)10-13/h2-7,10-11,17H,8-9,12H2,1H3. The molecule has 3 rings (SSSR count). The van der Waals surface area contributed by atoms with E-state index in [2.05, 4.69) is 0 Å². The molecule has 23 heavy (non-hydrogen) atoms. The molecule has 1 saturated heterocycles. The number of methoxy groups -OCH3 is 1. The number of carbonyl (C=O) groups excluding carboxylic acids is 1. The van der Waals surface area contributed by atoms with Gasteiger partial charge in [-0.2, -0.15) is 0 Å². The summed E-state index contributed by atoms with van der Waals surface area (Å²) < 4.78 is 11.0. The van der Waals surface area contributed by atoms with Gasteiger partial charge in [-0.25, -0.2) is 0 Å².